The van der Waals surface area contributed by atoms with Crippen molar-refractivity contribution >= 4 is 11.5 Å². The zero-order valence-corrected chi connectivity index (χ0v) is 12.3. The summed E-state index contributed by atoms with van der Waals surface area (Å²) < 4.78 is 0. The molecule has 0 aliphatic carbocycles. The van der Waals surface area contributed by atoms with Crippen molar-refractivity contribution in [1.82, 2.24) is 4.90 Å². The zero-order chi connectivity index (χ0) is 13.8. The molecule has 1 aromatic rings. The molecule has 2 fully saturated rings. The maximum absolute atomic E-state index is 8.58. The third-order valence-corrected chi connectivity index (χ3v) is 4.53. The van der Waals surface area contributed by atoms with Gasteiger partial charge in [0.05, 0.1) is 0 Å². The van der Waals surface area contributed by atoms with Crippen LogP contribution in [0.1, 0.15) is 44.1 Å². The second-order valence-electron chi connectivity index (χ2n) is 5.96. The largest absolute Gasteiger partial charge is 0.371 e. The van der Waals surface area contributed by atoms with E-state index >= 15 is 0 Å². The van der Waals surface area contributed by atoms with Crippen LogP contribution in [-0.4, -0.2) is 36.9 Å². The Morgan fingerprint density at radius 2 is 1.40 bits per heavy atom. The van der Waals surface area contributed by atoms with Crippen LogP contribution in [0, 0.1) is 5.41 Å². The van der Waals surface area contributed by atoms with E-state index in [4.69, 9.17) is 5.41 Å². The van der Waals surface area contributed by atoms with Gasteiger partial charge in [-0.1, -0.05) is 12.1 Å². The van der Waals surface area contributed by atoms with Crippen molar-refractivity contribution in [2.24, 2.45) is 0 Å². The van der Waals surface area contributed by atoms with Gasteiger partial charge in [-0.15, -0.1) is 0 Å². The van der Waals surface area contributed by atoms with E-state index in [-0.39, 0.29) is 0 Å². The summed E-state index contributed by atoms with van der Waals surface area (Å²) in [6, 6.07) is 8.50. The van der Waals surface area contributed by atoms with Crippen molar-refractivity contribution in [3.8, 4) is 0 Å². The van der Waals surface area contributed by atoms with E-state index in [0.29, 0.717) is 0 Å². The Kier molecular flexibility index (Phi) is 4.24. The van der Waals surface area contributed by atoms with Gasteiger partial charge >= 0.3 is 0 Å². The molecule has 0 amide bonds. The Hall–Kier alpha value is -1.51. The minimum absolute atomic E-state index is 0.728. The summed E-state index contributed by atoms with van der Waals surface area (Å²) in [7, 11) is 0. The number of para-hydroxylation sites is 1. The topological polar surface area (TPSA) is 30.3 Å². The van der Waals surface area contributed by atoms with Gasteiger partial charge < -0.3 is 9.80 Å². The molecule has 0 unspecified atom stereocenters. The van der Waals surface area contributed by atoms with Gasteiger partial charge in [0.25, 0.3) is 0 Å². The third kappa shape index (κ3) is 2.82. The molecule has 1 aromatic carbocycles. The lowest BCUT2D eigenvalue weighted by molar-refractivity contribution is 0.341. The Labute approximate surface area is 122 Å². The standard InChI is InChI=1S/C17H25N3/c18-17(20-13-7-2-8-14-20)15-9-3-4-10-16(15)19-11-5-1-6-12-19/h3-4,9-10,18H,1-2,5-8,11-14H2. The first-order valence-electron chi connectivity index (χ1n) is 8.04. The number of hydrogen-bond donors (Lipinski definition) is 1. The molecule has 0 spiro atoms. The number of rotatable bonds is 2. The molecular formula is C17H25N3. The Morgan fingerprint density at radius 1 is 0.800 bits per heavy atom. The summed E-state index contributed by atoms with van der Waals surface area (Å²) in [5, 5.41) is 8.58. The average Bonchev–Trinajstić information content (AvgIpc) is 2.56. The van der Waals surface area contributed by atoms with Gasteiger partial charge in [0.1, 0.15) is 5.84 Å². The Bertz CT molecular complexity index is 457. The highest BCUT2D eigenvalue weighted by Gasteiger charge is 2.20. The summed E-state index contributed by atoms with van der Waals surface area (Å²) in [4.78, 5) is 4.73. The summed E-state index contributed by atoms with van der Waals surface area (Å²) >= 11 is 0. The molecular weight excluding hydrogens is 246 g/mol. The monoisotopic (exact) mass is 271 g/mol. The molecule has 2 saturated heterocycles. The summed E-state index contributed by atoms with van der Waals surface area (Å²) in [6.45, 7) is 4.38. The summed E-state index contributed by atoms with van der Waals surface area (Å²) in [5.74, 6) is 0.728. The van der Waals surface area contributed by atoms with Crippen molar-refractivity contribution in [1.29, 1.82) is 5.41 Å². The van der Waals surface area contributed by atoms with Crippen LogP contribution in [0.3, 0.4) is 0 Å². The van der Waals surface area contributed by atoms with Crippen LogP contribution >= 0.6 is 0 Å². The molecule has 20 heavy (non-hydrogen) atoms. The number of nitrogens with one attached hydrogen (secondary N) is 1. The first-order valence-corrected chi connectivity index (χ1v) is 8.04. The number of likely N-dealkylation sites (tertiary alicyclic amines) is 1. The fraction of sp³-hybridized carbons (Fsp3) is 0.588. The second-order valence-corrected chi connectivity index (χ2v) is 5.96. The highest BCUT2D eigenvalue weighted by Crippen LogP contribution is 2.26. The lowest BCUT2D eigenvalue weighted by atomic mass is 10.0. The molecule has 2 aliphatic rings. The predicted molar refractivity (Wildman–Crippen MR) is 84.8 cm³/mol. The average molecular weight is 271 g/mol. The molecule has 1 N–H and O–H groups in total. The lowest BCUT2D eigenvalue weighted by Crippen LogP contribution is -2.37. The molecule has 0 radical (unpaired) electrons. The van der Waals surface area contributed by atoms with Crippen molar-refractivity contribution < 1.29 is 0 Å². The second kappa shape index (κ2) is 6.29. The molecule has 3 heteroatoms. The predicted octanol–water partition coefficient (Wildman–Crippen LogP) is 3.49. The quantitative estimate of drug-likeness (QED) is 0.659. The fourth-order valence-corrected chi connectivity index (χ4v) is 3.37. The molecule has 3 nitrogen and oxygen atoms in total. The molecule has 2 heterocycles. The molecule has 0 bridgehead atoms. The van der Waals surface area contributed by atoms with Gasteiger partial charge in [0, 0.05) is 37.4 Å². The number of hydrogen-bond acceptors (Lipinski definition) is 2. The first kappa shape index (κ1) is 13.5. The van der Waals surface area contributed by atoms with Crippen LogP contribution < -0.4 is 4.90 Å². The van der Waals surface area contributed by atoms with Gasteiger partial charge in [0.15, 0.2) is 0 Å². The van der Waals surface area contributed by atoms with Gasteiger partial charge in [0.2, 0.25) is 0 Å². The van der Waals surface area contributed by atoms with E-state index in [0.717, 1.165) is 37.6 Å². The Balaban J connectivity index is 1.82. The lowest BCUT2D eigenvalue weighted by Gasteiger charge is -2.34. The third-order valence-electron chi connectivity index (χ3n) is 4.53. The molecule has 108 valence electrons. The van der Waals surface area contributed by atoms with Crippen molar-refractivity contribution in [2.45, 2.75) is 38.5 Å². The van der Waals surface area contributed by atoms with Crippen LogP contribution in [0.4, 0.5) is 5.69 Å². The fourth-order valence-electron chi connectivity index (χ4n) is 3.37. The number of amidine groups is 1. The van der Waals surface area contributed by atoms with E-state index in [9.17, 15) is 0 Å². The first-order chi connectivity index (χ1) is 9.86. The molecule has 0 atom stereocenters. The highest BCUT2D eigenvalue weighted by atomic mass is 15.2. The van der Waals surface area contributed by atoms with Crippen LogP contribution in [0.25, 0.3) is 0 Å². The normalized spacial score (nSPS) is 20.0. The Morgan fingerprint density at radius 3 is 2.10 bits per heavy atom. The molecule has 0 aromatic heterocycles. The van der Waals surface area contributed by atoms with Crippen LogP contribution in [-0.2, 0) is 0 Å². The van der Waals surface area contributed by atoms with Gasteiger partial charge in [-0.2, -0.15) is 0 Å². The van der Waals surface area contributed by atoms with E-state index in [1.807, 2.05) is 0 Å². The highest BCUT2D eigenvalue weighted by molar-refractivity contribution is 6.01. The summed E-state index contributed by atoms with van der Waals surface area (Å²) in [5.41, 5.74) is 2.39. The number of anilines is 1. The van der Waals surface area contributed by atoms with Gasteiger partial charge in [-0.05, 0) is 50.7 Å². The van der Waals surface area contributed by atoms with Crippen LogP contribution in [0.2, 0.25) is 0 Å². The smallest absolute Gasteiger partial charge is 0.130 e. The minimum Gasteiger partial charge on any atom is -0.371 e. The van der Waals surface area contributed by atoms with E-state index in [1.54, 1.807) is 0 Å². The van der Waals surface area contributed by atoms with Gasteiger partial charge in [-0.25, -0.2) is 0 Å². The minimum atomic E-state index is 0.728. The molecule has 2 aliphatic heterocycles. The number of nitrogens with zero attached hydrogens (tertiary/aromatic N) is 2. The zero-order valence-electron chi connectivity index (χ0n) is 12.3. The maximum atomic E-state index is 8.58. The van der Waals surface area contributed by atoms with Crippen molar-refractivity contribution in [3.63, 3.8) is 0 Å². The van der Waals surface area contributed by atoms with Gasteiger partial charge in [-0.3, -0.25) is 5.41 Å². The van der Waals surface area contributed by atoms with Crippen molar-refractivity contribution in [2.75, 3.05) is 31.1 Å². The van der Waals surface area contributed by atoms with Crippen LogP contribution in [0.5, 0.6) is 0 Å². The van der Waals surface area contributed by atoms with Crippen molar-refractivity contribution in [3.05, 3.63) is 29.8 Å². The van der Waals surface area contributed by atoms with E-state index in [1.165, 1.54) is 44.2 Å². The SMILES string of the molecule is N=C(c1ccccc1N1CCCCC1)N1CCCCC1. The molecule has 3 rings (SSSR count). The summed E-state index contributed by atoms with van der Waals surface area (Å²) in [6.07, 6.45) is 7.69. The number of piperidine rings is 2. The van der Waals surface area contributed by atoms with E-state index in [2.05, 4.69) is 34.1 Å². The number of benzene rings is 1. The van der Waals surface area contributed by atoms with Crippen LogP contribution in [0.15, 0.2) is 24.3 Å². The van der Waals surface area contributed by atoms with E-state index < -0.39 is 0 Å². The maximum Gasteiger partial charge on any atom is 0.130 e. The molecule has 0 saturated carbocycles.